The Morgan fingerprint density at radius 3 is 2.58 bits per heavy atom. The van der Waals surface area contributed by atoms with E-state index in [2.05, 4.69) is 5.32 Å². The van der Waals surface area contributed by atoms with Gasteiger partial charge in [0.05, 0.1) is 4.53 Å². The summed E-state index contributed by atoms with van der Waals surface area (Å²) >= 11 is 2.78. The molecule has 0 spiro atoms. The number of carbonyl (C=O) groups is 2. The van der Waals surface area contributed by atoms with Crippen LogP contribution in [-0.2, 0) is 16.1 Å². The average molecular weight is 485 g/mol. The van der Waals surface area contributed by atoms with Crippen LogP contribution in [-0.4, -0.2) is 23.1 Å². The maximum absolute atomic E-state index is 13.2. The molecule has 0 saturated heterocycles. The fraction of sp³-hybridized carbons (Fsp3) is 0.292. The minimum atomic E-state index is -0.603. The predicted molar refractivity (Wildman–Crippen MR) is 131 cm³/mol. The second-order valence-corrected chi connectivity index (χ2v) is 11.0. The Morgan fingerprint density at radius 2 is 1.88 bits per heavy atom. The number of Topliss-reactive ketones (excluding diaryl/α,β-unsaturated/α-hetero) is 1. The lowest BCUT2D eigenvalue weighted by Crippen LogP contribution is -2.36. The molecule has 0 fully saturated rings. The summed E-state index contributed by atoms with van der Waals surface area (Å²) in [4.78, 5) is 40.7. The Kier molecular flexibility index (Phi) is 6.27. The van der Waals surface area contributed by atoms with Crippen LogP contribution < -0.4 is 29.5 Å². The van der Waals surface area contributed by atoms with Crippen molar-refractivity contribution in [3.05, 3.63) is 59.6 Å². The Hall–Kier alpha value is -3.17. The van der Waals surface area contributed by atoms with E-state index in [4.69, 9.17) is 9.47 Å². The van der Waals surface area contributed by atoms with Crippen molar-refractivity contribution in [2.24, 2.45) is 5.41 Å². The van der Waals surface area contributed by atoms with Crippen molar-refractivity contribution in [1.29, 1.82) is 0 Å². The molecule has 1 aliphatic heterocycles. The maximum Gasteiger partial charge on any atom is 0.269 e. The second kappa shape index (κ2) is 8.99. The van der Waals surface area contributed by atoms with Crippen LogP contribution in [0, 0.1) is 12.3 Å². The molecule has 0 aliphatic carbocycles. The smallest absolute Gasteiger partial charge is 0.269 e. The van der Waals surface area contributed by atoms with Crippen molar-refractivity contribution in [1.82, 2.24) is 4.57 Å². The van der Waals surface area contributed by atoms with Crippen LogP contribution in [0.3, 0.4) is 0 Å². The molecular formula is C24H24N2O5S2. The highest BCUT2D eigenvalue weighted by Gasteiger charge is 2.20. The number of hydrogen-bond donors (Lipinski definition) is 1. The van der Waals surface area contributed by atoms with Crippen molar-refractivity contribution in [3.8, 4) is 11.5 Å². The molecule has 0 radical (unpaired) electrons. The number of amides is 1. The number of fused-ring (bicyclic) bond motifs is 1. The number of anilines is 1. The molecule has 1 aliphatic rings. The molecule has 2 aromatic heterocycles. The van der Waals surface area contributed by atoms with Crippen LogP contribution in [0.5, 0.6) is 11.5 Å². The largest absolute Gasteiger partial charge is 0.454 e. The fourth-order valence-electron chi connectivity index (χ4n) is 3.10. The Labute approximate surface area is 198 Å². The molecule has 7 nitrogen and oxygen atoms in total. The first kappa shape index (κ1) is 23.0. The summed E-state index contributed by atoms with van der Waals surface area (Å²) in [5.74, 6) is 0.661. The van der Waals surface area contributed by atoms with Gasteiger partial charge < -0.3 is 14.8 Å². The molecule has 33 heavy (non-hydrogen) atoms. The summed E-state index contributed by atoms with van der Waals surface area (Å²) in [6.07, 6.45) is 3.26. The van der Waals surface area contributed by atoms with Gasteiger partial charge in [0.2, 0.25) is 12.7 Å². The van der Waals surface area contributed by atoms with E-state index in [1.54, 1.807) is 35.6 Å². The highest BCUT2D eigenvalue weighted by molar-refractivity contribution is 7.13. The summed E-state index contributed by atoms with van der Waals surface area (Å²) in [5, 5.41) is 2.78. The van der Waals surface area contributed by atoms with E-state index in [9.17, 15) is 14.4 Å². The number of nitrogens with one attached hydrogen (secondary N) is 1. The number of carbonyl (C=O) groups excluding carboxylic acids is 2. The van der Waals surface area contributed by atoms with Crippen LogP contribution in [0.2, 0.25) is 0 Å². The normalized spacial score (nSPS) is 14.1. The number of benzene rings is 1. The molecule has 0 saturated carbocycles. The molecular weight excluding hydrogens is 460 g/mol. The number of nitrogens with zero attached hydrogens (tertiary/aromatic N) is 1. The van der Waals surface area contributed by atoms with E-state index >= 15 is 0 Å². The Morgan fingerprint density at radius 1 is 1.12 bits per heavy atom. The van der Waals surface area contributed by atoms with Crippen LogP contribution in [0.15, 0.2) is 35.1 Å². The summed E-state index contributed by atoms with van der Waals surface area (Å²) < 4.78 is 12.9. The standard InChI is InChI=1S/C24H24N2O5S2/c1-14-5-7-16(32-14)10-19-23(29)26(22(33-19)11-20(27)24(2,3)4)12-21(28)25-15-6-8-17-18(9-15)31-13-30-17/h5-11H,12-13H2,1-4H3,(H,25,28)/b19-10+,22-11-. The number of hydrogen-bond acceptors (Lipinski definition) is 7. The van der Waals surface area contributed by atoms with Crippen LogP contribution in [0.4, 0.5) is 5.69 Å². The van der Waals surface area contributed by atoms with E-state index in [1.165, 1.54) is 22.0 Å². The fourth-order valence-corrected chi connectivity index (χ4v) is 5.03. The zero-order chi connectivity index (χ0) is 23.8. The molecule has 1 aromatic carbocycles. The van der Waals surface area contributed by atoms with Crippen molar-refractivity contribution in [3.63, 3.8) is 0 Å². The highest BCUT2D eigenvalue weighted by Crippen LogP contribution is 2.34. The van der Waals surface area contributed by atoms with Crippen molar-refractivity contribution in [2.45, 2.75) is 34.2 Å². The Balaban J connectivity index is 1.69. The van der Waals surface area contributed by atoms with Gasteiger partial charge in [-0.05, 0) is 37.3 Å². The quantitative estimate of drug-likeness (QED) is 0.602. The first-order valence-corrected chi connectivity index (χ1v) is 12.0. The van der Waals surface area contributed by atoms with Gasteiger partial charge in [0.15, 0.2) is 17.3 Å². The minimum absolute atomic E-state index is 0.118. The van der Waals surface area contributed by atoms with Gasteiger partial charge in [0.25, 0.3) is 5.56 Å². The predicted octanol–water partition coefficient (Wildman–Crippen LogP) is 2.87. The lowest BCUT2D eigenvalue weighted by atomic mass is 9.91. The summed E-state index contributed by atoms with van der Waals surface area (Å²) in [6, 6.07) is 9.02. The number of aryl methyl sites for hydroxylation is 1. The van der Waals surface area contributed by atoms with E-state index in [0.717, 1.165) is 9.75 Å². The molecule has 3 aromatic rings. The number of thiazole rings is 1. The van der Waals surface area contributed by atoms with E-state index in [-0.39, 0.29) is 30.6 Å². The third-order valence-electron chi connectivity index (χ3n) is 4.92. The molecule has 3 heterocycles. The first-order chi connectivity index (χ1) is 15.6. The molecule has 1 amide bonds. The summed E-state index contributed by atoms with van der Waals surface area (Å²) in [7, 11) is 0. The highest BCUT2D eigenvalue weighted by atomic mass is 32.1. The van der Waals surface area contributed by atoms with Crippen LogP contribution in [0.1, 0.15) is 30.5 Å². The molecule has 1 N–H and O–H groups in total. The summed E-state index contributed by atoms with van der Waals surface area (Å²) in [5.41, 5.74) is -0.376. The van der Waals surface area contributed by atoms with E-state index in [0.29, 0.717) is 26.4 Å². The molecule has 9 heteroatoms. The third-order valence-corrected chi connectivity index (χ3v) is 6.93. The number of aromatic nitrogens is 1. The lowest BCUT2D eigenvalue weighted by molar-refractivity contribution is -0.120. The zero-order valence-electron chi connectivity index (χ0n) is 18.8. The molecule has 0 unspecified atom stereocenters. The zero-order valence-corrected chi connectivity index (χ0v) is 20.4. The van der Waals surface area contributed by atoms with Gasteiger partial charge in [-0.2, -0.15) is 0 Å². The second-order valence-electron chi connectivity index (χ2n) is 8.66. The number of rotatable bonds is 5. The van der Waals surface area contributed by atoms with Crippen molar-refractivity contribution in [2.75, 3.05) is 12.1 Å². The molecule has 0 bridgehead atoms. The van der Waals surface area contributed by atoms with Gasteiger partial charge in [0.1, 0.15) is 11.2 Å². The minimum Gasteiger partial charge on any atom is -0.454 e. The molecule has 4 rings (SSSR count). The monoisotopic (exact) mass is 484 g/mol. The van der Waals surface area contributed by atoms with E-state index in [1.807, 2.05) is 39.8 Å². The first-order valence-electron chi connectivity index (χ1n) is 10.3. The van der Waals surface area contributed by atoms with Gasteiger partial charge in [-0.1, -0.05) is 20.8 Å². The molecule has 172 valence electrons. The van der Waals surface area contributed by atoms with E-state index < -0.39 is 5.41 Å². The topological polar surface area (TPSA) is 86.6 Å². The van der Waals surface area contributed by atoms with Gasteiger partial charge >= 0.3 is 0 Å². The van der Waals surface area contributed by atoms with Crippen LogP contribution >= 0.6 is 22.7 Å². The Bertz CT molecular complexity index is 1410. The summed E-state index contributed by atoms with van der Waals surface area (Å²) in [6.45, 7) is 7.36. The number of ether oxygens (including phenoxy) is 2. The SMILES string of the molecule is Cc1ccc(/C=c2/s/c(=C\C(=O)C(C)(C)C)n(CC(=O)Nc3ccc4c(c3)OCO4)c2=O)s1. The average Bonchev–Trinajstić information content (AvgIpc) is 3.43. The van der Waals surface area contributed by atoms with Crippen molar-refractivity contribution < 1.29 is 19.1 Å². The number of thiophene rings is 1. The lowest BCUT2D eigenvalue weighted by Gasteiger charge is -2.13. The van der Waals surface area contributed by atoms with Gasteiger partial charge in [-0.25, -0.2) is 0 Å². The van der Waals surface area contributed by atoms with Gasteiger partial charge in [0, 0.05) is 33.0 Å². The van der Waals surface area contributed by atoms with Gasteiger partial charge in [-0.15, -0.1) is 22.7 Å². The number of ketones is 1. The third kappa shape index (κ3) is 5.26. The molecule has 0 atom stereocenters. The van der Waals surface area contributed by atoms with Crippen LogP contribution in [0.25, 0.3) is 12.2 Å². The van der Waals surface area contributed by atoms with Gasteiger partial charge in [-0.3, -0.25) is 19.0 Å². The maximum atomic E-state index is 13.2. The van der Waals surface area contributed by atoms with Crippen molar-refractivity contribution >= 4 is 52.2 Å².